The minimum absolute atomic E-state index is 0.0138. The summed E-state index contributed by atoms with van der Waals surface area (Å²) in [6.45, 7) is 12.9. The van der Waals surface area contributed by atoms with E-state index in [1.807, 2.05) is 97.7 Å². The molecule has 4 aromatic rings. The number of amides is 1. The molecule has 1 aromatic heterocycles. The summed E-state index contributed by atoms with van der Waals surface area (Å²) in [4.78, 5) is 27.7. The van der Waals surface area contributed by atoms with Crippen LogP contribution in [0, 0.1) is 6.92 Å². The van der Waals surface area contributed by atoms with E-state index in [9.17, 15) is 4.79 Å². The molecule has 1 N–H and O–H groups in total. The van der Waals surface area contributed by atoms with E-state index in [0.29, 0.717) is 37.1 Å². The van der Waals surface area contributed by atoms with Crippen LogP contribution in [0.4, 0.5) is 22.9 Å². The molecule has 2 heterocycles. The molecule has 0 fully saturated rings. The van der Waals surface area contributed by atoms with Crippen molar-refractivity contribution in [3.05, 3.63) is 90.9 Å². The molecule has 0 radical (unpaired) electrons. The molecule has 0 saturated heterocycles. The van der Waals surface area contributed by atoms with Crippen LogP contribution in [0.15, 0.2) is 79.8 Å². The monoisotopic (exact) mass is 662 g/mol. The Morgan fingerprint density at radius 1 is 1.14 bits per heavy atom. The van der Waals surface area contributed by atoms with Crippen LogP contribution in [-0.4, -0.2) is 90.9 Å². The first-order chi connectivity index (χ1) is 23.6. The molecule has 0 spiro atoms. The first-order valence-electron chi connectivity index (χ1n) is 16.7. The number of aromatic nitrogens is 2. The summed E-state index contributed by atoms with van der Waals surface area (Å²) in [5.41, 5.74) is 5.85. The number of nitrogens with one attached hydrogen (secondary N) is 1. The molecule has 0 saturated carbocycles. The number of methoxy groups -OCH3 is 1. The number of carbonyl (C=O) groups excluding carboxylic acids is 1. The summed E-state index contributed by atoms with van der Waals surface area (Å²) in [5, 5.41) is 4.28. The molecular weight excluding hydrogens is 614 g/mol. The van der Waals surface area contributed by atoms with Crippen LogP contribution in [-0.2, 0) is 4.79 Å². The van der Waals surface area contributed by atoms with E-state index in [-0.39, 0.29) is 5.91 Å². The van der Waals surface area contributed by atoms with Crippen LogP contribution in [0.1, 0.15) is 37.3 Å². The second-order valence-electron chi connectivity index (χ2n) is 12.6. The van der Waals surface area contributed by atoms with Crippen molar-refractivity contribution in [3.63, 3.8) is 0 Å². The third kappa shape index (κ3) is 8.09. The van der Waals surface area contributed by atoms with Crippen LogP contribution < -0.4 is 19.7 Å². The van der Waals surface area contributed by atoms with Crippen LogP contribution in [0.3, 0.4) is 0 Å². The van der Waals surface area contributed by atoms with Crippen molar-refractivity contribution in [2.75, 3.05) is 64.6 Å². The number of anilines is 3. The fourth-order valence-electron chi connectivity index (χ4n) is 5.87. The van der Waals surface area contributed by atoms with E-state index in [0.717, 1.165) is 58.0 Å². The lowest BCUT2D eigenvalue weighted by atomic mass is 9.96. The molecule has 1 amide bonds. The van der Waals surface area contributed by atoms with Gasteiger partial charge in [0.25, 0.3) is 0 Å². The van der Waals surface area contributed by atoms with Crippen LogP contribution in [0.2, 0.25) is 0 Å². The van der Waals surface area contributed by atoms with E-state index in [2.05, 4.69) is 52.4 Å². The SMILES string of the molecule is C=CN(C)c1ccc(Oc2ccc(Nc3ncnc4ccc([N+]5=CCN(C(=O)/C=C/CN(C)C)CC5)c(OC)c34)cc2C)cc1C(C)CC. The molecule has 1 aliphatic rings. The molecule has 5 rings (SSSR count). The van der Waals surface area contributed by atoms with Crippen molar-refractivity contribution in [1.29, 1.82) is 0 Å². The fourth-order valence-corrected chi connectivity index (χ4v) is 5.87. The number of benzene rings is 3. The number of hydrogen-bond acceptors (Lipinski definition) is 8. The Morgan fingerprint density at radius 2 is 1.96 bits per heavy atom. The molecule has 0 bridgehead atoms. The lowest BCUT2D eigenvalue weighted by molar-refractivity contribution is -0.442. The minimum atomic E-state index is 0.0138. The first-order valence-corrected chi connectivity index (χ1v) is 16.7. The van der Waals surface area contributed by atoms with E-state index in [4.69, 9.17) is 9.47 Å². The Labute approximate surface area is 290 Å². The van der Waals surface area contributed by atoms with Gasteiger partial charge in [-0.25, -0.2) is 9.97 Å². The summed E-state index contributed by atoms with van der Waals surface area (Å²) < 4.78 is 14.5. The van der Waals surface area contributed by atoms with Gasteiger partial charge in [-0.1, -0.05) is 26.5 Å². The summed E-state index contributed by atoms with van der Waals surface area (Å²) in [5.74, 6) is 3.26. The Kier molecular flexibility index (Phi) is 11.3. The van der Waals surface area contributed by atoms with E-state index in [1.165, 1.54) is 5.56 Å². The smallest absolute Gasteiger partial charge is 0.248 e. The van der Waals surface area contributed by atoms with Gasteiger partial charge in [0.05, 0.1) is 31.1 Å². The highest BCUT2D eigenvalue weighted by Gasteiger charge is 2.26. The van der Waals surface area contributed by atoms with Gasteiger partial charge >= 0.3 is 0 Å². The molecule has 10 heteroatoms. The van der Waals surface area contributed by atoms with Gasteiger partial charge in [-0.15, -0.1) is 0 Å². The lowest BCUT2D eigenvalue weighted by Gasteiger charge is -2.23. The number of ether oxygens (including phenoxy) is 2. The minimum Gasteiger partial charge on any atom is -0.490 e. The van der Waals surface area contributed by atoms with Gasteiger partial charge in [-0.3, -0.25) is 4.79 Å². The quantitative estimate of drug-likeness (QED) is 0.118. The van der Waals surface area contributed by atoms with Gasteiger partial charge in [0, 0.05) is 37.1 Å². The average Bonchev–Trinajstić information content (AvgIpc) is 3.11. The number of aryl methyl sites for hydroxylation is 1. The second kappa shape index (κ2) is 15.8. The van der Waals surface area contributed by atoms with Crippen molar-refractivity contribution in [2.24, 2.45) is 0 Å². The van der Waals surface area contributed by atoms with Crippen molar-refractivity contribution < 1.29 is 18.8 Å². The Morgan fingerprint density at radius 3 is 2.63 bits per heavy atom. The van der Waals surface area contributed by atoms with Gasteiger partial charge in [-0.2, -0.15) is 4.58 Å². The highest BCUT2D eigenvalue weighted by Crippen LogP contribution is 2.40. The number of likely N-dealkylation sites (N-methyl/N-ethyl adjacent to an activating group) is 1. The molecule has 10 nitrogen and oxygen atoms in total. The van der Waals surface area contributed by atoms with Gasteiger partial charge in [0.1, 0.15) is 23.6 Å². The van der Waals surface area contributed by atoms with Crippen LogP contribution in [0.5, 0.6) is 17.2 Å². The second-order valence-corrected chi connectivity index (χ2v) is 12.6. The first kappa shape index (κ1) is 35.1. The Balaban J connectivity index is 1.38. The normalized spacial score (nSPS) is 13.8. The fraction of sp³-hybridized carbons (Fsp3) is 0.333. The van der Waals surface area contributed by atoms with Crippen LogP contribution in [0.25, 0.3) is 10.9 Å². The molecule has 1 unspecified atom stereocenters. The summed E-state index contributed by atoms with van der Waals surface area (Å²) in [6, 6.07) is 16.2. The maximum Gasteiger partial charge on any atom is 0.248 e. The number of rotatable bonds is 13. The average molecular weight is 663 g/mol. The van der Waals surface area contributed by atoms with Crippen LogP contribution >= 0.6 is 0 Å². The molecule has 0 aliphatic carbocycles. The standard InChI is InChI=1S/C39H48N7O3/c1-9-27(3)31-25-30(14-16-33(31)44(7)10-2)49-35-18-13-29(24-28(35)4)42-39-37-32(40-26-41-39)15-17-34(38(37)48-8)45-20-22-46(23-21-45)36(47)12-11-19-43(5)6/h10-18,20,24-27H,2,9,19,21-23H2,1,3-8H3,(H,40,41,42)/q+1/b12-11+. The summed E-state index contributed by atoms with van der Waals surface area (Å²) >= 11 is 0. The molecule has 3 aromatic carbocycles. The highest BCUT2D eigenvalue weighted by atomic mass is 16.5. The number of carbonyl (C=O) groups is 1. The molecule has 1 aliphatic heterocycles. The van der Waals surface area contributed by atoms with Crippen molar-refractivity contribution in [2.45, 2.75) is 33.1 Å². The molecule has 1 atom stereocenters. The number of nitrogens with zero attached hydrogens (tertiary/aromatic N) is 6. The zero-order chi connectivity index (χ0) is 35.1. The summed E-state index contributed by atoms with van der Waals surface area (Å²) in [6.07, 6.45) is 9.97. The zero-order valence-corrected chi connectivity index (χ0v) is 29.7. The molecule has 256 valence electrons. The van der Waals surface area contributed by atoms with Gasteiger partial charge in [0.15, 0.2) is 12.8 Å². The van der Waals surface area contributed by atoms with E-state index in [1.54, 1.807) is 19.5 Å². The number of hydrogen-bond donors (Lipinski definition) is 1. The molecular formula is C39H48N7O3+. The lowest BCUT2D eigenvalue weighted by Crippen LogP contribution is -2.41. The van der Waals surface area contributed by atoms with E-state index < -0.39 is 0 Å². The zero-order valence-electron chi connectivity index (χ0n) is 29.7. The maximum absolute atomic E-state index is 12.7. The predicted molar refractivity (Wildman–Crippen MR) is 199 cm³/mol. The Hall–Kier alpha value is -5.22. The van der Waals surface area contributed by atoms with Crippen molar-refractivity contribution in [3.8, 4) is 17.2 Å². The molecule has 49 heavy (non-hydrogen) atoms. The maximum atomic E-state index is 12.7. The van der Waals surface area contributed by atoms with Gasteiger partial charge in [0.2, 0.25) is 17.3 Å². The van der Waals surface area contributed by atoms with Gasteiger partial charge in [-0.05, 0) is 93.1 Å². The third-order valence-electron chi connectivity index (χ3n) is 8.89. The van der Waals surface area contributed by atoms with E-state index >= 15 is 0 Å². The highest BCUT2D eigenvalue weighted by molar-refractivity contribution is 5.99. The largest absolute Gasteiger partial charge is 0.490 e. The van der Waals surface area contributed by atoms with Gasteiger partial charge < -0.3 is 29.5 Å². The Bertz CT molecular complexity index is 1880. The van der Waals surface area contributed by atoms with Crippen molar-refractivity contribution in [1.82, 2.24) is 19.8 Å². The predicted octanol–water partition coefficient (Wildman–Crippen LogP) is 7.25. The van der Waals surface area contributed by atoms with Crippen molar-refractivity contribution >= 4 is 45.9 Å². The number of fused-ring (bicyclic) bond motifs is 1. The topological polar surface area (TPSA) is 86.1 Å². The summed E-state index contributed by atoms with van der Waals surface area (Å²) in [7, 11) is 7.63. The third-order valence-corrected chi connectivity index (χ3v) is 8.89.